The summed E-state index contributed by atoms with van der Waals surface area (Å²) in [5.41, 5.74) is 2.41. The Hall–Kier alpha value is -2.29. The fraction of sp³-hybridized carbons (Fsp3) is 0.444. The summed E-state index contributed by atoms with van der Waals surface area (Å²) in [5.74, 6) is 7.83. The van der Waals surface area contributed by atoms with E-state index in [1.54, 1.807) is 16.5 Å². The van der Waals surface area contributed by atoms with Crippen LogP contribution in [-0.4, -0.2) is 43.8 Å². The molecule has 2 heterocycles. The lowest BCUT2D eigenvalue weighted by Gasteiger charge is -2.12. The molecule has 3 N–H and O–H groups in total. The van der Waals surface area contributed by atoms with Gasteiger partial charge in [0.2, 0.25) is 11.9 Å². The molecule has 0 aliphatic rings. The average Bonchev–Trinajstić information content (AvgIpc) is 2.67. The van der Waals surface area contributed by atoms with E-state index in [0.717, 1.165) is 0 Å². The molecule has 0 unspecified atom stereocenters. The van der Waals surface area contributed by atoms with E-state index in [2.05, 4.69) is 30.5 Å². The molecule has 2 aromatic heterocycles. The maximum Gasteiger partial charge on any atom is 0.258 e. The lowest BCUT2D eigenvalue weighted by atomic mass is 10.6. The van der Waals surface area contributed by atoms with Gasteiger partial charge in [0.05, 0.1) is 0 Å². The molecule has 0 fully saturated rings. The van der Waals surface area contributed by atoms with Crippen LogP contribution in [0, 0.1) is 13.8 Å². The molecule has 0 saturated carbocycles. The summed E-state index contributed by atoms with van der Waals surface area (Å²) in [4.78, 5) is 18.5. The maximum atomic E-state index is 5.34. The summed E-state index contributed by atoms with van der Waals surface area (Å²) in [6.45, 7) is 3.63. The van der Waals surface area contributed by atoms with Gasteiger partial charge in [-0.15, -0.1) is 5.10 Å². The van der Waals surface area contributed by atoms with Crippen molar-refractivity contribution in [3.05, 3.63) is 11.6 Å². The van der Waals surface area contributed by atoms with Gasteiger partial charge in [0.25, 0.3) is 5.95 Å². The molecule has 0 spiro atoms. The predicted molar refractivity (Wildman–Crippen MR) is 66.4 cm³/mol. The monoisotopic (exact) mass is 249 g/mol. The van der Waals surface area contributed by atoms with Gasteiger partial charge in [-0.25, -0.2) is 10.8 Å². The van der Waals surface area contributed by atoms with Gasteiger partial charge in [-0.3, -0.25) is 5.43 Å². The first kappa shape index (κ1) is 12.2. The van der Waals surface area contributed by atoms with E-state index in [-0.39, 0.29) is 5.95 Å². The van der Waals surface area contributed by atoms with Gasteiger partial charge >= 0.3 is 0 Å². The van der Waals surface area contributed by atoms with Gasteiger partial charge in [0.15, 0.2) is 0 Å². The number of nitrogen functional groups attached to an aromatic ring is 1. The number of hydrazine groups is 1. The molecule has 2 rings (SSSR count). The molecule has 96 valence electrons. The van der Waals surface area contributed by atoms with Crippen molar-refractivity contribution in [2.75, 3.05) is 24.4 Å². The van der Waals surface area contributed by atoms with Crippen LogP contribution in [0.1, 0.15) is 11.6 Å². The zero-order valence-corrected chi connectivity index (χ0v) is 10.7. The Balaban J connectivity index is 2.56. The van der Waals surface area contributed by atoms with Crippen molar-refractivity contribution in [2.45, 2.75) is 13.8 Å². The number of nitrogens with zero attached hydrogens (tertiary/aromatic N) is 7. The molecular weight excluding hydrogens is 234 g/mol. The van der Waals surface area contributed by atoms with Crippen molar-refractivity contribution in [3.63, 3.8) is 0 Å². The van der Waals surface area contributed by atoms with Crippen molar-refractivity contribution < 1.29 is 0 Å². The van der Waals surface area contributed by atoms with Crippen LogP contribution in [0.3, 0.4) is 0 Å². The Morgan fingerprint density at radius 3 is 2.33 bits per heavy atom. The second kappa shape index (κ2) is 4.53. The SMILES string of the molecule is Cc1nc(C)n(-c2nc(NN)nc(N(C)C)n2)n1. The van der Waals surface area contributed by atoms with Gasteiger partial charge in [-0.05, 0) is 13.8 Å². The third-order valence-electron chi connectivity index (χ3n) is 2.21. The third-order valence-corrected chi connectivity index (χ3v) is 2.21. The summed E-state index contributed by atoms with van der Waals surface area (Å²) >= 11 is 0. The third kappa shape index (κ3) is 2.20. The Morgan fingerprint density at radius 1 is 1.11 bits per heavy atom. The van der Waals surface area contributed by atoms with E-state index in [9.17, 15) is 0 Å². The van der Waals surface area contributed by atoms with Crippen LogP contribution >= 0.6 is 0 Å². The summed E-state index contributed by atoms with van der Waals surface area (Å²) in [6.07, 6.45) is 0. The molecular formula is C9H15N9. The second-order valence-corrected chi connectivity index (χ2v) is 3.92. The Morgan fingerprint density at radius 2 is 1.83 bits per heavy atom. The van der Waals surface area contributed by atoms with Gasteiger partial charge in [-0.2, -0.15) is 19.6 Å². The average molecular weight is 249 g/mol. The van der Waals surface area contributed by atoms with Gasteiger partial charge in [0.1, 0.15) is 11.6 Å². The molecule has 0 radical (unpaired) electrons. The molecule has 0 atom stereocenters. The number of hydrogen-bond acceptors (Lipinski definition) is 8. The van der Waals surface area contributed by atoms with Gasteiger partial charge in [0, 0.05) is 14.1 Å². The highest BCUT2D eigenvalue weighted by Crippen LogP contribution is 2.11. The van der Waals surface area contributed by atoms with E-state index in [4.69, 9.17) is 5.84 Å². The molecule has 0 amide bonds. The number of rotatable bonds is 3. The fourth-order valence-corrected chi connectivity index (χ4v) is 1.42. The topological polar surface area (TPSA) is 111 Å². The number of anilines is 2. The summed E-state index contributed by atoms with van der Waals surface area (Å²) in [7, 11) is 3.66. The van der Waals surface area contributed by atoms with Crippen LogP contribution in [0.25, 0.3) is 5.95 Å². The largest absolute Gasteiger partial charge is 0.347 e. The summed E-state index contributed by atoms with van der Waals surface area (Å²) in [6, 6.07) is 0. The van der Waals surface area contributed by atoms with E-state index in [1.165, 1.54) is 0 Å². The number of aryl methyl sites for hydroxylation is 2. The Bertz CT molecular complexity index is 559. The Labute approximate surface area is 104 Å². The van der Waals surface area contributed by atoms with Crippen LogP contribution in [0.15, 0.2) is 0 Å². The van der Waals surface area contributed by atoms with Crippen LogP contribution < -0.4 is 16.2 Å². The number of hydrogen-bond donors (Lipinski definition) is 2. The first-order chi connectivity index (χ1) is 8.51. The fourth-order valence-electron chi connectivity index (χ4n) is 1.42. The minimum atomic E-state index is 0.274. The van der Waals surface area contributed by atoms with E-state index < -0.39 is 0 Å². The minimum absolute atomic E-state index is 0.274. The van der Waals surface area contributed by atoms with Gasteiger partial charge < -0.3 is 4.90 Å². The number of nitrogens with two attached hydrogens (primary N) is 1. The quantitative estimate of drug-likeness (QED) is 0.549. The van der Waals surface area contributed by atoms with Crippen molar-refractivity contribution in [2.24, 2.45) is 5.84 Å². The van der Waals surface area contributed by atoms with Crippen molar-refractivity contribution in [3.8, 4) is 5.95 Å². The molecule has 9 nitrogen and oxygen atoms in total. The first-order valence-corrected chi connectivity index (χ1v) is 5.32. The maximum absolute atomic E-state index is 5.34. The predicted octanol–water partition coefficient (Wildman–Crippen LogP) is -0.579. The van der Waals surface area contributed by atoms with Crippen molar-refractivity contribution >= 4 is 11.9 Å². The summed E-state index contributed by atoms with van der Waals surface area (Å²) < 4.78 is 1.55. The molecule has 9 heteroatoms. The van der Waals surface area contributed by atoms with Crippen LogP contribution in [0.4, 0.5) is 11.9 Å². The van der Waals surface area contributed by atoms with Crippen LogP contribution in [0.2, 0.25) is 0 Å². The van der Waals surface area contributed by atoms with Crippen molar-refractivity contribution in [1.82, 2.24) is 29.7 Å². The lowest BCUT2D eigenvalue weighted by Crippen LogP contribution is -2.20. The molecule has 2 aromatic rings. The standard InChI is InChI=1S/C9H15N9/c1-5-11-6(2)18(16-5)9-13-7(15-10)12-8(14-9)17(3)4/h10H2,1-4H3,(H,12,13,14,15). The second-order valence-electron chi connectivity index (χ2n) is 3.92. The van der Waals surface area contributed by atoms with E-state index in [0.29, 0.717) is 23.5 Å². The van der Waals surface area contributed by atoms with E-state index in [1.807, 2.05) is 21.0 Å². The van der Waals surface area contributed by atoms with E-state index >= 15 is 0 Å². The zero-order valence-electron chi connectivity index (χ0n) is 10.7. The summed E-state index contributed by atoms with van der Waals surface area (Å²) in [5, 5.41) is 4.22. The minimum Gasteiger partial charge on any atom is -0.347 e. The molecule has 0 aromatic carbocycles. The normalized spacial score (nSPS) is 10.5. The molecule has 18 heavy (non-hydrogen) atoms. The molecule has 0 aliphatic carbocycles. The smallest absolute Gasteiger partial charge is 0.258 e. The highest BCUT2D eigenvalue weighted by atomic mass is 15.4. The molecule has 0 saturated heterocycles. The Kier molecular flexibility index (Phi) is 3.06. The lowest BCUT2D eigenvalue weighted by molar-refractivity contribution is 0.758. The number of aromatic nitrogens is 6. The molecule has 0 bridgehead atoms. The highest BCUT2D eigenvalue weighted by Gasteiger charge is 2.12. The zero-order chi connectivity index (χ0) is 13.3. The van der Waals surface area contributed by atoms with Crippen molar-refractivity contribution in [1.29, 1.82) is 0 Å². The van der Waals surface area contributed by atoms with Crippen LogP contribution in [0.5, 0.6) is 0 Å². The number of nitrogens with one attached hydrogen (secondary N) is 1. The highest BCUT2D eigenvalue weighted by molar-refractivity contribution is 5.38. The van der Waals surface area contributed by atoms with Crippen LogP contribution in [-0.2, 0) is 0 Å². The first-order valence-electron chi connectivity index (χ1n) is 5.32. The van der Waals surface area contributed by atoms with Gasteiger partial charge in [-0.1, -0.05) is 0 Å². The molecule has 0 aliphatic heterocycles.